The minimum Gasteiger partial charge on any atom is -0.468 e. The maximum atomic E-state index is 9.98. The Bertz CT molecular complexity index is 406. The fourth-order valence-electron chi connectivity index (χ4n) is 1.96. The van der Waals surface area contributed by atoms with Crippen molar-refractivity contribution in [2.45, 2.75) is 32.5 Å². The second-order valence-corrected chi connectivity index (χ2v) is 6.15. The van der Waals surface area contributed by atoms with Gasteiger partial charge in [0.25, 0.3) is 0 Å². The van der Waals surface area contributed by atoms with Gasteiger partial charge in [-0.3, -0.25) is 4.90 Å². The Balaban J connectivity index is 2.02. The fraction of sp³-hybridized carbons (Fsp3) is 0.429. The van der Waals surface area contributed by atoms with Crippen LogP contribution in [0, 0.1) is 0 Å². The Morgan fingerprint density at radius 3 is 2.67 bits per heavy atom. The summed E-state index contributed by atoms with van der Waals surface area (Å²) in [4.78, 5) is 3.50. The third kappa shape index (κ3) is 4.29. The number of rotatable bonds is 6. The lowest BCUT2D eigenvalue weighted by Crippen LogP contribution is -2.37. The van der Waals surface area contributed by atoms with Crippen molar-refractivity contribution in [3.8, 4) is 0 Å². The summed E-state index contributed by atoms with van der Waals surface area (Å²) in [6.45, 7) is 5.83. The zero-order valence-corrected chi connectivity index (χ0v) is 11.6. The molecule has 2 aromatic rings. The standard InChI is InChI=1S/C14H19NO2S/c1-14(2,16)11-15(9-12-5-3-7-17-12)10-13-6-4-8-18-13/h3-8,16H,9-11H2,1-2H3. The summed E-state index contributed by atoms with van der Waals surface area (Å²) < 4.78 is 5.38. The minimum absolute atomic E-state index is 0.617. The number of hydrogen-bond acceptors (Lipinski definition) is 4. The highest BCUT2D eigenvalue weighted by Crippen LogP contribution is 2.17. The van der Waals surface area contributed by atoms with E-state index in [1.807, 2.05) is 26.0 Å². The van der Waals surface area contributed by atoms with Crippen molar-refractivity contribution in [3.63, 3.8) is 0 Å². The van der Waals surface area contributed by atoms with Crippen molar-refractivity contribution in [1.82, 2.24) is 4.90 Å². The molecule has 98 valence electrons. The molecule has 3 nitrogen and oxygen atoms in total. The van der Waals surface area contributed by atoms with Crippen LogP contribution in [-0.2, 0) is 13.1 Å². The van der Waals surface area contributed by atoms with Crippen LogP contribution in [0.3, 0.4) is 0 Å². The number of aliphatic hydroxyl groups is 1. The van der Waals surface area contributed by atoms with Crippen LogP contribution in [0.5, 0.6) is 0 Å². The second-order valence-electron chi connectivity index (χ2n) is 5.12. The predicted molar refractivity (Wildman–Crippen MR) is 73.4 cm³/mol. The summed E-state index contributed by atoms with van der Waals surface area (Å²) in [6, 6.07) is 8.02. The van der Waals surface area contributed by atoms with Crippen LogP contribution in [0.1, 0.15) is 24.5 Å². The van der Waals surface area contributed by atoms with Crippen molar-refractivity contribution in [2.24, 2.45) is 0 Å². The van der Waals surface area contributed by atoms with Gasteiger partial charge in [0.15, 0.2) is 0 Å². The predicted octanol–water partition coefficient (Wildman–Crippen LogP) is 3.11. The molecule has 4 heteroatoms. The van der Waals surface area contributed by atoms with E-state index >= 15 is 0 Å². The van der Waals surface area contributed by atoms with Crippen LogP contribution < -0.4 is 0 Å². The average molecular weight is 265 g/mol. The molecule has 0 radical (unpaired) electrons. The zero-order chi connectivity index (χ0) is 13.0. The number of nitrogens with zero attached hydrogens (tertiary/aromatic N) is 1. The van der Waals surface area contributed by atoms with Crippen molar-refractivity contribution >= 4 is 11.3 Å². The second kappa shape index (κ2) is 5.69. The molecule has 18 heavy (non-hydrogen) atoms. The molecule has 2 rings (SSSR count). The molecule has 0 amide bonds. The number of hydrogen-bond donors (Lipinski definition) is 1. The van der Waals surface area contributed by atoms with Crippen molar-refractivity contribution in [3.05, 3.63) is 46.5 Å². The molecule has 1 N–H and O–H groups in total. The largest absolute Gasteiger partial charge is 0.468 e. The highest BCUT2D eigenvalue weighted by molar-refractivity contribution is 7.09. The lowest BCUT2D eigenvalue weighted by atomic mass is 10.1. The lowest BCUT2D eigenvalue weighted by Gasteiger charge is -2.27. The molecule has 0 aromatic carbocycles. The molecule has 0 aliphatic carbocycles. The van der Waals surface area contributed by atoms with Crippen LogP contribution >= 0.6 is 11.3 Å². The molecule has 0 unspecified atom stereocenters. The van der Waals surface area contributed by atoms with Crippen LogP contribution in [0.4, 0.5) is 0 Å². The summed E-state index contributed by atoms with van der Waals surface area (Å²) in [5, 5.41) is 12.1. The van der Waals surface area contributed by atoms with Gasteiger partial charge < -0.3 is 9.52 Å². The van der Waals surface area contributed by atoms with E-state index in [0.29, 0.717) is 6.54 Å². The molecule has 0 fully saturated rings. The monoisotopic (exact) mass is 265 g/mol. The van der Waals surface area contributed by atoms with Gasteiger partial charge >= 0.3 is 0 Å². The van der Waals surface area contributed by atoms with E-state index in [1.54, 1.807) is 17.6 Å². The maximum Gasteiger partial charge on any atom is 0.117 e. The van der Waals surface area contributed by atoms with Gasteiger partial charge in [0.1, 0.15) is 5.76 Å². The Kier molecular flexibility index (Phi) is 4.22. The average Bonchev–Trinajstić information content (AvgIpc) is 2.87. The van der Waals surface area contributed by atoms with Gasteiger partial charge in [-0.2, -0.15) is 0 Å². The molecule has 0 aliphatic heterocycles. The fourth-order valence-corrected chi connectivity index (χ4v) is 2.71. The van der Waals surface area contributed by atoms with E-state index in [1.165, 1.54) is 4.88 Å². The van der Waals surface area contributed by atoms with E-state index in [0.717, 1.165) is 18.8 Å². The Morgan fingerprint density at radius 2 is 2.11 bits per heavy atom. The summed E-state index contributed by atoms with van der Waals surface area (Å²) in [7, 11) is 0. The van der Waals surface area contributed by atoms with Crippen molar-refractivity contribution in [1.29, 1.82) is 0 Å². The van der Waals surface area contributed by atoms with E-state index < -0.39 is 5.60 Å². The SMILES string of the molecule is CC(C)(O)CN(Cc1ccco1)Cc1cccs1. The van der Waals surface area contributed by atoms with Crippen LogP contribution in [0.2, 0.25) is 0 Å². The first-order chi connectivity index (χ1) is 8.53. The molecule has 0 bridgehead atoms. The summed E-state index contributed by atoms with van der Waals surface area (Å²) in [5.41, 5.74) is -0.705. The van der Waals surface area contributed by atoms with Gasteiger partial charge in [-0.1, -0.05) is 6.07 Å². The van der Waals surface area contributed by atoms with Gasteiger partial charge in [0.2, 0.25) is 0 Å². The van der Waals surface area contributed by atoms with Gasteiger partial charge in [0.05, 0.1) is 18.4 Å². The van der Waals surface area contributed by atoms with Crippen LogP contribution in [0.15, 0.2) is 40.3 Å². The smallest absolute Gasteiger partial charge is 0.117 e. The number of furan rings is 1. The van der Waals surface area contributed by atoms with Gasteiger partial charge in [-0.25, -0.2) is 0 Å². The Hall–Kier alpha value is -1.10. The Labute approximate surface area is 112 Å². The first-order valence-electron chi connectivity index (χ1n) is 6.02. The van der Waals surface area contributed by atoms with Crippen LogP contribution in [0.25, 0.3) is 0 Å². The highest BCUT2D eigenvalue weighted by Gasteiger charge is 2.19. The zero-order valence-electron chi connectivity index (χ0n) is 10.8. The quantitative estimate of drug-likeness (QED) is 0.872. The lowest BCUT2D eigenvalue weighted by molar-refractivity contribution is 0.0289. The molecule has 0 saturated heterocycles. The molecular formula is C14H19NO2S. The molecular weight excluding hydrogens is 246 g/mol. The third-order valence-corrected chi connectivity index (χ3v) is 3.39. The van der Waals surface area contributed by atoms with Crippen LogP contribution in [-0.4, -0.2) is 22.2 Å². The summed E-state index contributed by atoms with van der Waals surface area (Å²) in [6.07, 6.45) is 1.68. The van der Waals surface area contributed by atoms with Gasteiger partial charge in [-0.15, -0.1) is 11.3 Å². The molecule has 2 heterocycles. The molecule has 0 saturated carbocycles. The molecule has 0 spiro atoms. The van der Waals surface area contributed by atoms with Crippen molar-refractivity contribution in [2.75, 3.05) is 6.54 Å². The summed E-state index contributed by atoms with van der Waals surface area (Å²) >= 11 is 1.74. The molecule has 0 aliphatic rings. The highest BCUT2D eigenvalue weighted by atomic mass is 32.1. The van der Waals surface area contributed by atoms with Gasteiger partial charge in [-0.05, 0) is 37.4 Å². The first kappa shape index (κ1) is 13.3. The third-order valence-electron chi connectivity index (χ3n) is 2.53. The number of thiophene rings is 1. The summed E-state index contributed by atoms with van der Waals surface area (Å²) in [5.74, 6) is 0.927. The molecule has 2 aromatic heterocycles. The maximum absolute atomic E-state index is 9.98. The first-order valence-corrected chi connectivity index (χ1v) is 6.90. The normalized spacial score (nSPS) is 12.2. The Morgan fingerprint density at radius 1 is 1.28 bits per heavy atom. The van der Waals surface area contributed by atoms with Gasteiger partial charge in [0, 0.05) is 18.0 Å². The van der Waals surface area contributed by atoms with E-state index in [9.17, 15) is 5.11 Å². The van der Waals surface area contributed by atoms with E-state index in [4.69, 9.17) is 4.42 Å². The van der Waals surface area contributed by atoms with Crippen molar-refractivity contribution < 1.29 is 9.52 Å². The van der Waals surface area contributed by atoms with E-state index in [2.05, 4.69) is 22.4 Å². The molecule has 0 atom stereocenters. The topological polar surface area (TPSA) is 36.6 Å². The minimum atomic E-state index is -0.705. The van der Waals surface area contributed by atoms with E-state index in [-0.39, 0.29) is 0 Å².